The molecule has 2 aliphatic rings. The van der Waals surface area contributed by atoms with E-state index in [4.69, 9.17) is 27.9 Å². The molecule has 2 heterocycles. The number of sulfonamides is 1. The summed E-state index contributed by atoms with van der Waals surface area (Å²) in [4.78, 5) is 12.7. The number of amides is 1. The summed E-state index contributed by atoms with van der Waals surface area (Å²) >= 11 is 12.1. The number of hydrogen-bond donors (Lipinski definition) is 0. The van der Waals surface area contributed by atoms with Crippen LogP contribution in [0, 0.1) is 5.92 Å². The predicted octanol–water partition coefficient (Wildman–Crippen LogP) is 2.49. The Morgan fingerprint density at radius 3 is 2.68 bits per heavy atom. The molecule has 1 aromatic rings. The number of carbonyl (C=O) groups is 1. The number of morpholine rings is 1. The van der Waals surface area contributed by atoms with Gasteiger partial charge in [-0.1, -0.05) is 29.3 Å². The van der Waals surface area contributed by atoms with E-state index in [1.165, 1.54) is 10.4 Å². The Kier molecular flexibility index (Phi) is 7.22. The molecule has 1 amide bonds. The molecule has 28 heavy (non-hydrogen) atoms. The largest absolute Gasteiger partial charge is 0.379 e. The van der Waals surface area contributed by atoms with Crippen LogP contribution >= 0.6 is 23.2 Å². The quantitative estimate of drug-likeness (QED) is 0.690. The average Bonchev–Trinajstić information content (AvgIpc) is 2.70. The van der Waals surface area contributed by atoms with Crippen molar-refractivity contribution in [1.29, 1.82) is 0 Å². The first kappa shape index (κ1) is 21.8. The van der Waals surface area contributed by atoms with Crippen LogP contribution in [0.25, 0.3) is 0 Å². The van der Waals surface area contributed by atoms with Gasteiger partial charge in [0.15, 0.2) is 0 Å². The lowest BCUT2D eigenvalue weighted by molar-refractivity contribution is -0.153. The molecular weight excluding hydrogens is 425 g/mol. The maximum Gasteiger partial charge on any atom is 0.244 e. The second-order valence-corrected chi connectivity index (χ2v) is 9.80. The number of piperidine rings is 1. The SMILES string of the molecule is CN(C(=O)CC1CCCN(S(=O)(=O)c2cccc(Cl)c2Cl)C1)N1CCOCC1. The first-order valence-electron chi connectivity index (χ1n) is 9.34. The molecule has 1 unspecified atom stereocenters. The summed E-state index contributed by atoms with van der Waals surface area (Å²) in [5.41, 5.74) is 0. The minimum Gasteiger partial charge on any atom is -0.379 e. The molecule has 0 bridgehead atoms. The maximum atomic E-state index is 13.0. The number of ether oxygens (including phenoxy) is 1. The van der Waals surface area contributed by atoms with Gasteiger partial charge in [0.1, 0.15) is 4.90 Å². The van der Waals surface area contributed by atoms with Crippen molar-refractivity contribution in [3.63, 3.8) is 0 Å². The van der Waals surface area contributed by atoms with Crippen LogP contribution in [0.5, 0.6) is 0 Å². The number of hydrogen-bond acceptors (Lipinski definition) is 5. The van der Waals surface area contributed by atoms with Crippen LogP contribution in [0.15, 0.2) is 23.1 Å². The van der Waals surface area contributed by atoms with Crippen molar-refractivity contribution in [3.05, 3.63) is 28.2 Å². The van der Waals surface area contributed by atoms with Gasteiger partial charge in [-0.15, -0.1) is 0 Å². The fraction of sp³-hybridized carbons (Fsp3) is 0.611. The monoisotopic (exact) mass is 449 g/mol. The number of benzene rings is 1. The van der Waals surface area contributed by atoms with E-state index in [0.717, 1.165) is 6.42 Å². The van der Waals surface area contributed by atoms with Gasteiger partial charge in [0.05, 0.1) is 23.3 Å². The third kappa shape index (κ3) is 4.80. The summed E-state index contributed by atoms with van der Waals surface area (Å²) in [7, 11) is -2.00. The molecule has 0 saturated carbocycles. The number of halogens is 2. The summed E-state index contributed by atoms with van der Waals surface area (Å²) in [6, 6.07) is 4.59. The van der Waals surface area contributed by atoms with E-state index in [9.17, 15) is 13.2 Å². The second-order valence-electron chi connectivity index (χ2n) is 7.11. The lowest BCUT2D eigenvalue weighted by Crippen LogP contribution is -2.50. The van der Waals surface area contributed by atoms with E-state index in [-0.39, 0.29) is 26.8 Å². The smallest absolute Gasteiger partial charge is 0.244 e. The zero-order chi connectivity index (χ0) is 20.3. The predicted molar refractivity (Wildman–Crippen MR) is 108 cm³/mol. The number of hydrazine groups is 1. The van der Waals surface area contributed by atoms with Crippen molar-refractivity contribution in [2.24, 2.45) is 5.92 Å². The van der Waals surface area contributed by atoms with E-state index in [2.05, 4.69) is 0 Å². The Hall–Kier alpha value is -0.900. The van der Waals surface area contributed by atoms with E-state index in [1.54, 1.807) is 24.2 Å². The van der Waals surface area contributed by atoms with Crippen LogP contribution in [-0.4, -0.2) is 75.1 Å². The molecule has 0 aliphatic carbocycles. The van der Waals surface area contributed by atoms with Crippen molar-refractivity contribution in [3.8, 4) is 0 Å². The molecule has 3 rings (SSSR count). The number of nitrogens with zero attached hydrogens (tertiary/aromatic N) is 3. The minimum absolute atomic E-state index is 0.00747. The van der Waals surface area contributed by atoms with Gasteiger partial charge in [-0.25, -0.2) is 13.4 Å². The van der Waals surface area contributed by atoms with Gasteiger partial charge in [0.25, 0.3) is 0 Å². The van der Waals surface area contributed by atoms with Gasteiger partial charge in [0.2, 0.25) is 15.9 Å². The third-order valence-corrected chi connectivity index (χ3v) is 8.09. The number of rotatable bonds is 5. The summed E-state index contributed by atoms with van der Waals surface area (Å²) in [6.45, 7) is 3.28. The van der Waals surface area contributed by atoms with Gasteiger partial charge in [-0.3, -0.25) is 9.80 Å². The van der Waals surface area contributed by atoms with E-state index >= 15 is 0 Å². The maximum absolute atomic E-state index is 13.0. The highest BCUT2D eigenvalue weighted by Gasteiger charge is 2.33. The Bertz CT molecular complexity index is 815. The Labute approximate surface area is 176 Å². The van der Waals surface area contributed by atoms with Crippen LogP contribution < -0.4 is 0 Å². The minimum atomic E-state index is -3.76. The fourth-order valence-electron chi connectivity index (χ4n) is 3.62. The molecule has 7 nitrogen and oxygen atoms in total. The van der Waals surface area contributed by atoms with E-state index in [0.29, 0.717) is 52.2 Å². The van der Waals surface area contributed by atoms with Crippen LogP contribution in [0.4, 0.5) is 0 Å². The lowest BCUT2D eigenvalue weighted by Gasteiger charge is -2.36. The zero-order valence-corrected chi connectivity index (χ0v) is 18.1. The summed E-state index contributed by atoms with van der Waals surface area (Å²) in [5.74, 6) is -0.0376. The second kappa shape index (κ2) is 9.28. The topological polar surface area (TPSA) is 70.2 Å². The Morgan fingerprint density at radius 1 is 1.25 bits per heavy atom. The first-order chi connectivity index (χ1) is 13.3. The van der Waals surface area contributed by atoms with Crippen molar-refractivity contribution >= 4 is 39.1 Å². The lowest BCUT2D eigenvalue weighted by atomic mass is 9.96. The molecule has 156 valence electrons. The number of carbonyl (C=O) groups excluding carboxylic acids is 1. The average molecular weight is 450 g/mol. The molecule has 1 atom stereocenters. The van der Waals surface area contributed by atoms with Crippen molar-refractivity contribution in [1.82, 2.24) is 14.3 Å². The van der Waals surface area contributed by atoms with Crippen LogP contribution in [-0.2, 0) is 19.6 Å². The zero-order valence-electron chi connectivity index (χ0n) is 15.8. The molecule has 0 N–H and O–H groups in total. The summed E-state index contributed by atoms with van der Waals surface area (Å²) < 4.78 is 32.8. The highest BCUT2D eigenvalue weighted by molar-refractivity contribution is 7.89. The summed E-state index contributed by atoms with van der Waals surface area (Å²) in [5, 5.41) is 3.85. The Balaban J connectivity index is 1.66. The normalized spacial score (nSPS) is 22.2. The van der Waals surface area contributed by atoms with Gasteiger partial charge in [0, 0.05) is 39.6 Å². The van der Waals surface area contributed by atoms with Gasteiger partial charge in [-0.2, -0.15) is 4.31 Å². The Morgan fingerprint density at radius 2 is 1.96 bits per heavy atom. The molecule has 2 aliphatic heterocycles. The van der Waals surface area contributed by atoms with Gasteiger partial charge >= 0.3 is 0 Å². The van der Waals surface area contributed by atoms with Crippen LogP contribution in [0.1, 0.15) is 19.3 Å². The highest BCUT2D eigenvalue weighted by atomic mass is 35.5. The van der Waals surface area contributed by atoms with Crippen molar-refractivity contribution in [2.75, 3.05) is 46.4 Å². The molecule has 2 saturated heterocycles. The molecule has 1 aromatic carbocycles. The van der Waals surface area contributed by atoms with Gasteiger partial charge < -0.3 is 4.74 Å². The molecular formula is C18H25Cl2N3O4S. The molecule has 10 heteroatoms. The molecule has 0 aromatic heterocycles. The molecule has 0 spiro atoms. The summed E-state index contributed by atoms with van der Waals surface area (Å²) in [6.07, 6.45) is 1.83. The van der Waals surface area contributed by atoms with Crippen LogP contribution in [0.3, 0.4) is 0 Å². The van der Waals surface area contributed by atoms with Gasteiger partial charge in [-0.05, 0) is 30.9 Å². The first-order valence-corrected chi connectivity index (χ1v) is 11.5. The van der Waals surface area contributed by atoms with E-state index in [1.807, 2.05) is 5.01 Å². The standard InChI is InChI=1S/C18H25Cl2N3O4S/c1-21(22-8-10-27-11-9-22)17(24)12-14-4-3-7-23(13-14)28(25,26)16-6-2-5-15(19)18(16)20/h2,5-6,14H,3-4,7-13H2,1H3. The molecule has 0 radical (unpaired) electrons. The molecule has 2 fully saturated rings. The van der Waals surface area contributed by atoms with E-state index < -0.39 is 10.0 Å². The fourth-order valence-corrected chi connectivity index (χ4v) is 5.92. The van der Waals surface area contributed by atoms with Crippen molar-refractivity contribution in [2.45, 2.75) is 24.2 Å². The van der Waals surface area contributed by atoms with Crippen LogP contribution in [0.2, 0.25) is 10.0 Å². The van der Waals surface area contributed by atoms with Crippen molar-refractivity contribution < 1.29 is 17.9 Å². The third-order valence-electron chi connectivity index (χ3n) is 5.25. The highest BCUT2D eigenvalue weighted by Crippen LogP contribution is 2.33.